The minimum absolute atomic E-state index is 0.626. The summed E-state index contributed by atoms with van der Waals surface area (Å²) in [4.78, 5) is 4.12. The molecule has 0 unspecified atom stereocenters. The van der Waals surface area contributed by atoms with Gasteiger partial charge in [0.2, 0.25) is 5.88 Å². The van der Waals surface area contributed by atoms with Crippen molar-refractivity contribution < 1.29 is 9.47 Å². The van der Waals surface area contributed by atoms with Crippen LogP contribution in [0.1, 0.15) is 0 Å². The van der Waals surface area contributed by atoms with Crippen LogP contribution in [0.25, 0.3) is 10.8 Å². The smallest absolute Gasteiger partial charge is 0.221 e. The molecule has 0 aliphatic rings. The molecule has 0 atom stereocenters. The molecule has 0 saturated carbocycles. The third-order valence-electron chi connectivity index (χ3n) is 2.14. The van der Waals surface area contributed by atoms with Crippen molar-refractivity contribution in [2.75, 3.05) is 14.2 Å². The molecule has 0 N–H and O–H groups in total. The molecule has 0 saturated heterocycles. The summed E-state index contributed by atoms with van der Waals surface area (Å²) < 4.78 is 10.4. The molecule has 2 aromatic rings. The van der Waals surface area contributed by atoms with E-state index in [1.807, 2.05) is 24.3 Å². The fourth-order valence-corrected chi connectivity index (χ4v) is 1.49. The van der Waals surface area contributed by atoms with Gasteiger partial charge in [0.25, 0.3) is 0 Å². The van der Waals surface area contributed by atoms with Gasteiger partial charge in [0.05, 0.1) is 14.2 Å². The normalized spacial score (nSPS) is 10.1. The molecule has 0 amide bonds. The number of hydrogen-bond donors (Lipinski definition) is 0. The summed E-state index contributed by atoms with van der Waals surface area (Å²) in [6, 6.07) is 7.72. The Morgan fingerprint density at radius 2 is 1.86 bits per heavy atom. The Bertz CT molecular complexity index is 411. The summed E-state index contributed by atoms with van der Waals surface area (Å²) >= 11 is 0. The van der Waals surface area contributed by atoms with E-state index in [4.69, 9.17) is 9.47 Å². The maximum absolute atomic E-state index is 5.24. The van der Waals surface area contributed by atoms with E-state index in [1.54, 1.807) is 20.4 Å². The zero-order valence-electron chi connectivity index (χ0n) is 8.15. The lowest BCUT2D eigenvalue weighted by molar-refractivity contribution is 0.402. The van der Waals surface area contributed by atoms with E-state index >= 15 is 0 Å². The molecule has 1 aromatic carbocycles. The highest BCUT2D eigenvalue weighted by molar-refractivity contribution is 5.91. The summed E-state index contributed by atoms with van der Waals surface area (Å²) in [6.45, 7) is 0. The van der Waals surface area contributed by atoms with E-state index < -0.39 is 0 Å². The van der Waals surface area contributed by atoms with Crippen molar-refractivity contribution in [2.24, 2.45) is 0 Å². The van der Waals surface area contributed by atoms with Crippen LogP contribution in [-0.4, -0.2) is 19.2 Å². The molecule has 3 heteroatoms. The fraction of sp³-hybridized carbons (Fsp3) is 0.182. The van der Waals surface area contributed by atoms with Crippen LogP contribution >= 0.6 is 0 Å². The third kappa shape index (κ3) is 1.27. The van der Waals surface area contributed by atoms with E-state index in [2.05, 4.69) is 4.98 Å². The van der Waals surface area contributed by atoms with Gasteiger partial charge in [-0.15, -0.1) is 0 Å². The minimum atomic E-state index is 0.626. The summed E-state index contributed by atoms with van der Waals surface area (Å²) in [5, 5.41) is 1.98. The highest BCUT2D eigenvalue weighted by atomic mass is 16.5. The highest BCUT2D eigenvalue weighted by Crippen LogP contribution is 2.29. The van der Waals surface area contributed by atoms with Gasteiger partial charge in [0.1, 0.15) is 5.75 Å². The van der Waals surface area contributed by atoms with Gasteiger partial charge in [0, 0.05) is 17.0 Å². The molecule has 72 valence electrons. The molecular weight excluding hydrogens is 178 g/mol. The van der Waals surface area contributed by atoms with Crippen LogP contribution in [-0.2, 0) is 0 Å². The quantitative estimate of drug-likeness (QED) is 0.726. The molecule has 0 aliphatic carbocycles. The number of hydrogen-bond acceptors (Lipinski definition) is 3. The maximum atomic E-state index is 5.24. The number of ether oxygens (including phenoxy) is 2. The lowest BCUT2D eigenvalue weighted by atomic mass is 10.1. The Hall–Kier alpha value is -1.77. The van der Waals surface area contributed by atoms with Gasteiger partial charge in [-0.25, -0.2) is 4.98 Å². The Morgan fingerprint density at radius 3 is 2.57 bits per heavy atom. The average molecular weight is 189 g/mol. The fourth-order valence-electron chi connectivity index (χ4n) is 1.49. The average Bonchev–Trinajstić information content (AvgIpc) is 2.27. The van der Waals surface area contributed by atoms with Crippen LogP contribution in [0.15, 0.2) is 30.5 Å². The molecule has 14 heavy (non-hydrogen) atoms. The molecule has 0 fully saturated rings. The van der Waals surface area contributed by atoms with Crippen LogP contribution in [0.5, 0.6) is 11.6 Å². The predicted molar refractivity (Wildman–Crippen MR) is 54.8 cm³/mol. The zero-order chi connectivity index (χ0) is 9.97. The summed E-state index contributed by atoms with van der Waals surface area (Å²) in [5.41, 5.74) is 0. The number of pyridine rings is 1. The van der Waals surface area contributed by atoms with Gasteiger partial charge in [-0.3, -0.25) is 0 Å². The Morgan fingerprint density at radius 1 is 1.00 bits per heavy atom. The topological polar surface area (TPSA) is 31.4 Å². The Balaban J connectivity index is 2.77. The molecule has 0 bridgehead atoms. The van der Waals surface area contributed by atoms with Crippen molar-refractivity contribution in [3.05, 3.63) is 30.5 Å². The first-order chi connectivity index (χ1) is 6.86. The van der Waals surface area contributed by atoms with E-state index in [0.29, 0.717) is 5.88 Å². The molecule has 1 aromatic heterocycles. The van der Waals surface area contributed by atoms with Crippen LogP contribution in [0, 0.1) is 0 Å². The number of methoxy groups -OCH3 is 2. The Kier molecular flexibility index (Phi) is 2.23. The van der Waals surface area contributed by atoms with E-state index in [0.717, 1.165) is 16.5 Å². The van der Waals surface area contributed by atoms with Crippen LogP contribution < -0.4 is 9.47 Å². The number of benzene rings is 1. The molecule has 0 spiro atoms. The van der Waals surface area contributed by atoms with Crippen LogP contribution in [0.4, 0.5) is 0 Å². The number of nitrogens with zero attached hydrogens (tertiary/aromatic N) is 1. The summed E-state index contributed by atoms with van der Waals surface area (Å²) in [5.74, 6) is 1.46. The van der Waals surface area contributed by atoms with Crippen molar-refractivity contribution in [3.63, 3.8) is 0 Å². The monoisotopic (exact) mass is 189 g/mol. The minimum Gasteiger partial charge on any atom is -0.496 e. The molecule has 1 heterocycles. The van der Waals surface area contributed by atoms with Gasteiger partial charge in [0.15, 0.2) is 0 Å². The first-order valence-electron chi connectivity index (χ1n) is 4.32. The van der Waals surface area contributed by atoms with Gasteiger partial charge < -0.3 is 9.47 Å². The largest absolute Gasteiger partial charge is 0.496 e. The molecule has 2 rings (SSSR count). The number of rotatable bonds is 2. The van der Waals surface area contributed by atoms with Gasteiger partial charge in [-0.05, 0) is 18.2 Å². The zero-order valence-corrected chi connectivity index (χ0v) is 8.15. The van der Waals surface area contributed by atoms with Gasteiger partial charge in [-0.2, -0.15) is 0 Å². The molecule has 0 radical (unpaired) electrons. The molecular formula is C11H11NO2. The van der Waals surface area contributed by atoms with Crippen molar-refractivity contribution in [2.45, 2.75) is 0 Å². The first kappa shape index (κ1) is 8.81. The Labute approximate surface area is 82.3 Å². The van der Waals surface area contributed by atoms with Crippen molar-refractivity contribution in [1.82, 2.24) is 4.98 Å². The van der Waals surface area contributed by atoms with Crippen molar-refractivity contribution in [1.29, 1.82) is 0 Å². The van der Waals surface area contributed by atoms with Crippen molar-refractivity contribution in [3.8, 4) is 11.6 Å². The standard InChI is InChI=1S/C11H11NO2/c1-13-10-5-3-4-9-8(10)6-7-12-11(9)14-2/h3-7H,1-2H3. The number of aromatic nitrogens is 1. The predicted octanol–water partition coefficient (Wildman–Crippen LogP) is 2.25. The van der Waals surface area contributed by atoms with E-state index in [1.165, 1.54) is 0 Å². The second kappa shape index (κ2) is 3.54. The van der Waals surface area contributed by atoms with E-state index in [-0.39, 0.29) is 0 Å². The number of fused-ring (bicyclic) bond motifs is 1. The maximum Gasteiger partial charge on any atom is 0.221 e. The van der Waals surface area contributed by atoms with Crippen LogP contribution in [0.2, 0.25) is 0 Å². The second-order valence-electron chi connectivity index (χ2n) is 2.88. The van der Waals surface area contributed by atoms with E-state index in [9.17, 15) is 0 Å². The van der Waals surface area contributed by atoms with Gasteiger partial charge in [-0.1, -0.05) is 6.07 Å². The van der Waals surface area contributed by atoms with Crippen molar-refractivity contribution >= 4 is 10.8 Å². The summed E-state index contributed by atoms with van der Waals surface area (Å²) in [7, 11) is 3.27. The van der Waals surface area contributed by atoms with Crippen LogP contribution in [0.3, 0.4) is 0 Å². The molecule has 3 nitrogen and oxygen atoms in total. The first-order valence-corrected chi connectivity index (χ1v) is 4.32. The summed E-state index contributed by atoms with van der Waals surface area (Å²) in [6.07, 6.45) is 1.71. The lowest BCUT2D eigenvalue weighted by Gasteiger charge is -2.07. The second-order valence-corrected chi connectivity index (χ2v) is 2.88. The third-order valence-corrected chi connectivity index (χ3v) is 2.14. The lowest BCUT2D eigenvalue weighted by Crippen LogP contribution is -1.90. The van der Waals surface area contributed by atoms with Gasteiger partial charge >= 0.3 is 0 Å². The molecule has 0 aliphatic heterocycles. The SMILES string of the molecule is COc1cccc2c(OC)nccc12. The highest BCUT2D eigenvalue weighted by Gasteiger charge is 2.05.